The second-order valence-electron chi connectivity index (χ2n) is 3.06. The second-order valence-corrected chi connectivity index (χ2v) is 3.06. The van der Waals surface area contributed by atoms with Gasteiger partial charge in [-0.15, -0.1) is 0 Å². The molecule has 1 aromatic rings. The number of aromatic amines is 1. The third-order valence-corrected chi connectivity index (χ3v) is 1.21. The minimum Gasteiger partial charge on any atom is -0.379 e. The van der Waals surface area contributed by atoms with Gasteiger partial charge in [0, 0.05) is 12.7 Å². The Hall–Kier alpha value is -1.06. The number of hydrogen-bond acceptors (Lipinski definition) is 2. The van der Waals surface area contributed by atoms with E-state index in [2.05, 4.69) is 15.5 Å². The monoisotopic (exact) mass is 157 g/mol. The van der Waals surface area contributed by atoms with Crippen molar-refractivity contribution in [3.63, 3.8) is 0 Å². The van der Waals surface area contributed by atoms with Crippen LogP contribution in [0.2, 0.25) is 0 Å². The molecule has 0 unspecified atom stereocenters. The molecular weight excluding hydrogens is 145 g/mol. The normalized spacial score (nSPS) is 11.5. The van der Waals surface area contributed by atoms with E-state index < -0.39 is 5.67 Å². The molecule has 0 aliphatic carbocycles. The number of alkyl halides is 1. The first kappa shape index (κ1) is 8.04. The van der Waals surface area contributed by atoms with E-state index in [1.165, 1.54) is 13.8 Å². The van der Waals surface area contributed by atoms with Gasteiger partial charge in [0.05, 0.1) is 11.9 Å². The number of nitrogens with zero attached hydrogens (tertiary/aromatic N) is 1. The summed E-state index contributed by atoms with van der Waals surface area (Å²) >= 11 is 0. The molecule has 1 aromatic heterocycles. The Balaban J connectivity index is 2.35. The molecule has 0 amide bonds. The number of anilines is 1. The van der Waals surface area contributed by atoms with Gasteiger partial charge in [-0.3, -0.25) is 5.10 Å². The van der Waals surface area contributed by atoms with Crippen LogP contribution in [0.3, 0.4) is 0 Å². The Labute approximate surface area is 65.0 Å². The zero-order valence-corrected chi connectivity index (χ0v) is 6.69. The predicted molar refractivity (Wildman–Crippen MR) is 42.3 cm³/mol. The molecule has 2 N–H and O–H groups in total. The maximum absolute atomic E-state index is 12.9. The summed E-state index contributed by atoms with van der Waals surface area (Å²) in [5.74, 6) is 0. The fourth-order valence-electron chi connectivity index (χ4n) is 0.660. The van der Waals surface area contributed by atoms with Crippen LogP contribution >= 0.6 is 0 Å². The number of hydrogen-bond donors (Lipinski definition) is 2. The smallest absolute Gasteiger partial charge is 0.122 e. The summed E-state index contributed by atoms with van der Waals surface area (Å²) in [6, 6.07) is 0. The molecule has 0 spiro atoms. The predicted octanol–water partition coefficient (Wildman–Crippen LogP) is 1.57. The molecule has 1 rings (SSSR count). The van der Waals surface area contributed by atoms with Crippen LogP contribution in [0, 0.1) is 0 Å². The lowest BCUT2D eigenvalue weighted by atomic mass is 10.2. The highest BCUT2D eigenvalue weighted by molar-refractivity contribution is 5.37. The second kappa shape index (κ2) is 2.90. The Bertz CT molecular complexity index is 200. The van der Waals surface area contributed by atoms with Crippen LogP contribution in [0.25, 0.3) is 0 Å². The maximum Gasteiger partial charge on any atom is 0.122 e. The zero-order chi connectivity index (χ0) is 8.32. The Morgan fingerprint density at radius 2 is 2.45 bits per heavy atom. The Kier molecular flexibility index (Phi) is 2.12. The standard InChI is InChI=1S/C7H12FN3/c1-7(2,8)5-9-6-3-10-11-4-6/h3-4,9H,5H2,1-2H3,(H,10,11). The van der Waals surface area contributed by atoms with Crippen LogP contribution in [0.4, 0.5) is 10.1 Å². The fourth-order valence-corrected chi connectivity index (χ4v) is 0.660. The van der Waals surface area contributed by atoms with Gasteiger partial charge < -0.3 is 5.32 Å². The molecule has 0 saturated heterocycles. The van der Waals surface area contributed by atoms with E-state index in [9.17, 15) is 4.39 Å². The SMILES string of the molecule is CC(C)(F)CNc1cn[nH]c1. The highest BCUT2D eigenvalue weighted by Gasteiger charge is 2.14. The maximum atomic E-state index is 12.9. The molecule has 0 aliphatic heterocycles. The molecule has 62 valence electrons. The summed E-state index contributed by atoms with van der Waals surface area (Å²) in [5.41, 5.74) is -0.368. The van der Waals surface area contributed by atoms with E-state index >= 15 is 0 Å². The number of halogens is 1. The van der Waals surface area contributed by atoms with Gasteiger partial charge in [-0.1, -0.05) is 0 Å². The average Bonchev–Trinajstić information content (AvgIpc) is 2.32. The first-order valence-electron chi connectivity index (χ1n) is 3.49. The number of H-pyrrole nitrogens is 1. The summed E-state index contributed by atoms with van der Waals surface area (Å²) in [5, 5.41) is 9.24. The van der Waals surface area contributed by atoms with Gasteiger partial charge in [0.15, 0.2) is 0 Å². The first-order chi connectivity index (χ1) is 5.08. The van der Waals surface area contributed by atoms with E-state index in [1.54, 1.807) is 12.4 Å². The highest BCUT2D eigenvalue weighted by atomic mass is 19.1. The molecule has 1 heterocycles. The van der Waals surface area contributed by atoms with Crippen LogP contribution in [0.1, 0.15) is 13.8 Å². The van der Waals surface area contributed by atoms with Gasteiger partial charge in [0.25, 0.3) is 0 Å². The Morgan fingerprint density at radius 1 is 1.73 bits per heavy atom. The molecule has 0 aromatic carbocycles. The molecule has 0 fully saturated rings. The van der Waals surface area contributed by atoms with E-state index in [-0.39, 0.29) is 0 Å². The van der Waals surface area contributed by atoms with Crippen LogP contribution < -0.4 is 5.32 Å². The quantitative estimate of drug-likeness (QED) is 0.699. The van der Waals surface area contributed by atoms with Crippen LogP contribution in [-0.2, 0) is 0 Å². The summed E-state index contributed by atoms with van der Waals surface area (Å²) in [6.45, 7) is 3.35. The molecule has 4 heteroatoms. The molecular formula is C7H12FN3. The number of aromatic nitrogens is 2. The van der Waals surface area contributed by atoms with Crippen molar-refractivity contribution in [3.05, 3.63) is 12.4 Å². The Morgan fingerprint density at radius 3 is 2.91 bits per heavy atom. The van der Waals surface area contributed by atoms with Gasteiger partial charge in [0.1, 0.15) is 5.67 Å². The van der Waals surface area contributed by atoms with Crippen molar-refractivity contribution < 1.29 is 4.39 Å². The summed E-state index contributed by atoms with van der Waals surface area (Å²) in [7, 11) is 0. The average molecular weight is 157 g/mol. The van der Waals surface area contributed by atoms with Gasteiger partial charge in [0.2, 0.25) is 0 Å². The van der Waals surface area contributed by atoms with Crippen molar-refractivity contribution in [2.24, 2.45) is 0 Å². The van der Waals surface area contributed by atoms with Crippen molar-refractivity contribution in [3.8, 4) is 0 Å². The first-order valence-corrected chi connectivity index (χ1v) is 3.49. The van der Waals surface area contributed by atoms with Crippen LogP contribution in [0.15, 0.2) is 12.4 Å². The van der Waals surface area contributed by atoms with Gasteiger partial charge in [-0.25, -0.2) is 4.39 Å². The lowest BCUT2D eigenvalue weighted by molar-refractivity contribution is 0.235. The topological polar surface area (TPSA) is 40.7 Å². The third kappa shape index (κ3) is 3.02. The van der Waals surface area contributed by atoms with Gasteiger partial charge in [-0.2, -0.15) is 5.10 Å². The van der Waals surface area contributed by atoms with Gasteiger partial charge >= 0.3 is 0 Å². The molecule has 11 heavy (non-hydrogen) atoms. The molecule has 0 atom stereocenters. The largest absolute Gasteiger partial charge is 0.379 e. The van der Waals surface area contributed by atoms with Crippen molar-refractivity contribution >= 4 is 5.69 Å². The minimum absolute atomic E-state index is 0.298. The van der Waals surface area contributed by atoms with Crippen molar-refractivity contribution in [2.45, 2.75) is 19.5 Å². The van der Waals surface area contributed by atoms with Crippen molar-refractivity contribution in [1.29, 1.82) is 0 Å². The molecule has 0 aliphatic rings. The van der Waals surface area contributed by atoms with Gasteiger partial charge in [-0.05, 0) is 13.8 Å². The van der Waals surface area contributed by atoms with E-state index in [4.69, 9.17) is 0 Å². The molecule has 0 saturated carbocycles. The zero-order valence-electron chi connectivity index (χ0n) is 6.69. The lowest BCUT2D eigenvalue weighted by Crippen LogP contribution is -2.24. The third-order valence-electron chi connectivity index (χ3n) is 1.21. The summed E-state index contributed by atoms with van der Waals surface area (Å²) < 4.78 is 12.9. The van der Waals surface area contributed by atoms with Crippen molar-refractivity contribution in [2.75, 3.05) is 11.9 Å². The summed E-state index contributed by atoms with van der Waals surface area (Å²) in [4.78, 5) is 0. The fraction of sp³-hybridized carbons (Fsp3) is 0.571. The van der Waals surface area contributed by atoms with Crippen molar-refractivity contribution in [1.82, 2.24) is 10.2 Å². The van der Waals surface area contributed by atoms with E-state index in [1.807, 2.05) is 0 Å². The lowest BCUT2D eigenvalue weighted by Gasteiger charge is -2.14. The molecule has 3 nitrogen and oxygen atoms in total. The van der Waals surface area contributed by atoms with Crippen LogP contribution in [0.5, 0.6) is 0 Å². The number of rotatable bonds is 3. The van der Waals surface area contributed by atoms with E-state index in [0.29, 0.717) is 6.54 Å². The highest BCUT2D eigenvalue weighted by Crippen LogP contribution is 2.09. The molecule has 0 bridgehead atoms. The van der Waals surface area contributed by atoms with E-state index in [0.717, 1.165) is 5.69 Å². The summed E-state index contributed by atoms with van der Waals surface area (Å²) in [6.07, 6.45) is 3.30. The van der Waals surface area contributed by atoms with Crippen LogP contribution in [-0.4, -0.2) is 22.4 Å². The minimum atomic E-state index is -1.18. The number of nitrogens with one attached hydrogen (secondary N) is 2. The molecule has 0 radical (unpaired) electrons.